The normalized spacial score (nSPS) is 14.0. The SMILES string of the molecule is Cc1cccc(CC(=O)NCCc2ccc(N3CCCC3)cc2)c1. The van der Waals surface area contributed by atoms with Crippen LogP contribution in [0.1, 0.15) is 29.5 Å². The molecular weight excluding hydrogens is 296 g/mol. The van der Waals surface area contributed by atoms with Gasteiger partial charge in [-0.1, -0.05) is 42.0 Å². The molecule has 1 fully saturated rings. The van der Waals surface area contributed by atoms with Gasteiger partial charge in [-0.05, 0) is 49.4 Å². The van der Waals surface area contributed by atoms with E-state index in [1.165, 1.54) is 42.7 Å². The van der Waals surface area contributed by atoms with Crippen LogP contribution in [0.5, 0.6) is 0 Å². The molecule has 0 bridgehead atoms. The second-order valence-electron chi connectivity index (χ2n) is 6.63. The second-order valence-corrected chi connectivity index (χ2v) is 6.63. The van der Waals surface area contributed by atoms with Crippen LogP contribution in [0.4, 0.5) is 5.69 Å². The van der Waals surface area contributed by atoms with E-state index in [-0.39, 0.29) is 5.91 Å². The standard InChI is InChI=1S/C21H26N2O/c1-17-5-4-6-19(15-17)16-21(24)22-12-11-18-7-9-20(10-8-18)23-13-2-3-14-23/h4-10,15H,2-3,11-14,16H2,1H3,(H,22,24). The van der Waals surface area contributed by atoms with Crippen molar-refractivity contribution in [2.75, 3.05) is 24.5 Å². The topological polar surface area (TPSA) is 32.3 Å². The molecule has 0 atom stereocenters. The van der Waals surface area contributed by atoms with Crippen LogP contribution >= 0.6 is 0 Å². The molecule has 1 N–H and O–H groups in total. The van der Waals surface area contributed by atoms with Gasteiger partial charge in [0.25, 0.3) is 0 Å². The molecule has 1 amide bonds. The Morgan fingerprint density at radius 1 is 1.04 bits per heavy atom. The van der Waals surface area contributed by atoms with Crippen LogP contribution in [0.2, 0.25) is 0 Å². The molecule has 0 saturated carbocycles. The Labute approximate surface area is 144 Å². The van der Waals surface area contributed by atoms with Crippen molar-refractivity contribution in [2.24, 2.45) is 0 Å². The molecule has 1 aliphatic rings. The van der Waals surface area contributed by atoms with Gasteiger partial charge in [0.1, 0.15) is 0 Å². The number of nitrogens with one attached hydrogen (secondary N) is 1. The Kier molecular flexibility index (Phi) is 5.52. The number of benzene rings is 2. The fourth-order valence-corrected chi connectivity index (χ4v) is 3.27. The van der Waals surface area contributed by atoms with Gasteiger partial charge in [-0.2, -0.15) is 0 Å². The first kappa shape index (κ1) is 16.6. The number of rotatable bonds is 6. The minimum atomic E-state index is 0.0919. The molecule has 0 unspecified atom stereocenters. The molecular formula is C21H26N2O. The molecule has 3 nitrogen and oxygen atoms in total. The number of aryl methyl sites for hydroxylation is 1. The van der Waals surface area contributed by atoms with Crippen LogP contribution in [0.25, 0.3) is 0 Å². The average Bonchev–Trinajstić information content (AvgIpc) is 3.10. The third-order valence-corrected chi connectivity index (χ3v) is 4.59. The molecule has 0 spiro atoms. The van der Waals surface area contributed by atoms with Crippen molar-refractivity contribution in [1.29, 1.82) is 0 Å². The van der Waals surface area contributed by atoms with Crippen molar-refractivity contribution in [2.45, 2.75) is 32.6 Å². The van der Waals surface area contributed by atoms with Gasteiger partial charge in [0.05, 0.1) is 6.42 Å². The van der Waals surface area contributed by atoms with E-state index in [2.05, 4.69) is 40.5 Å². The van der Waals surface area contributed by atoms with Crippen molar-refractivity contribution >= 4 is 11.6 Å². The molecule has 126 valence electrons. The first-order valence-electron chi connectivity index (χ1n) is 8.87. The molecule has 1 aliphatic heterocycles. The average molecular weight is 322 g/mol. The maximum absolute atomic E-state index is 12.0. The summed E-state index contributed by atoms with van der Waals surface area (Å²) in [5.41, 5.74) is 4.86. The van der Waals surface area contributed by atoms with Gasteiger partial charge in [0.2, 0.25) is 5.91 Å². The fraction of sp³-hybridized carbons (Fsp3) is 0.381. The fourth-order valence-electron chi connectivity index (χ4n) is 3.27. The molecule has 0 aromatic heterocycles. The van der Waals surface area contributed by atoms with Crippen molar-refractivity contribution in [3.8, 4) is 0 Å². The number of carbonyl (C=O) groups excluding carboxylic acids is 1. The monoisotopic (exact) mass is 322 g/mol. The predicted molar refractivity (Wildman–Crippen MR) is 99.5 cm³/mol. The van der Waals surface area contributed by atoms with Crippen LogP contribution in [0.15, 0.2) is 48.5 Å². The van der Waals surface area contributed by atoms with Gasteiger partial charge in [-0.25, -0.2) is 0 Å². The zero-order valence-corrected chi connectivity index (χ0v) is 14.4. The van der Waals surface area contributed by atoms with Gasteiger partial charge in [-0.3, -0.25) is 4.79 Å². The Hall–Kier alpha value is -2.29. The van der Waals surface area contributed by atoms with Crippen LogP contribution < -0.4 is 10.2 Å². The van der Waals surface area contributed by atoms with Gasteiger partial charge >= 0.3 is 0 Å². The molecule has 24 heavy (non-hydrogen) atoms. The summed E-state index contributed by atoms with van der Waals surface area (Å²) >= 11 is 0. The summed E-state index contributed by atoms with van der Waals surface area (Å²) in [5.74, 6) is 0.0919. The Morgan fingerprint density at radius 3 is 2.50 bits per heavy atom. The highest BCUT2D eigenvalue weighted by atomic mass is 16.1. The molecule has 0 aliphatic carbocycles. The molecule has 3 heteroatoms. The number of anilines is 1. The number of hydrogen-bond donors (Lipinski definition) is 1. The van der Waals surface area contributed by atoms with Gasteiger partial charge in [0, 0.05) is 25.3 Å². The van der Waals surface area contributed by atoms with E-state index in [1.807, 2.05) is 25.1 Å². The Bertz CT molecular complexity index is 672. The molecule has 3 rings (SSSR count). The van der Waals surface area contributed by atoms with Crippen LogP contribution in [-0.4, -0.2) is 25.5 Å². The maximum Gasteiger partial charge on any atom is 0.224 e. The highest BCUT2D eigenvalue weighted by molar-refractivity contribution is 5.78. The van der Waals surface area contributed by atoms with E-state index < -0.39 is 0 Å². The number of carbonyl (C=O) groups is 1. The number of amides is 1. The molecule has 1 saturated heterocycles. The van der Waals surface area contributed by atoms with E-state index in [9.17, 15) is 4.79 Å². The van der Waals surface area contributed by atoms with Crippen molar-refractivity contribution in [3.05, 3.63) is 65.2 Å². The summed E-state index contributed by atoms with van der Waals surface area (Å²) in [5, 5.41) is 3.02. The molecule has 0 radical (unpaired) electrons. The maximum atomic E-state index is 12.0. The van der Waals surface area contributed by atoms with E-state index in [0.29, 0.717) is 13.0 Å². The second kappa shape index (κ2) is 8.00. The van der Waals surface area contributed by atoms with Crippen molar-refractivity contribution in [3.63, 3.8) is 0 Å². The van der Waals surface area contributed by atoms with E-state index in [0.717, 1.165) is 12.0 Å². The first-order valence-corrected chi connectivity index (χ1v) is 8.87. The summed E-state index contributed by atoms with van der Waals surface area (Å²) in [4.78, 5) is 14.5. The quantitative estimate of drug-likeness (QED) is 0.883. The highest BCUT2D eigenvalue weighted by Crippen LogP contribution is 2.20. The lowest BCUT2D eigenvalue weighted by Gasteiger charge is -2.17. The van der Waals surface area contributed by atoms with Crippen LogP contribution in [0, 0.1) is 6.92 Å². The van der Waals surface area contributed by atoms with Crippen molar-refractivity contribution < 1.29 is 4.79 Å². The summed E-state index contributed by atoms with van der Waals surface area (Å²) in [6.07, 6.45) is 3.93. The minimum Gasteiger partial charge on any atom is -0.372 e. The zero-order valence-electron chi connectivity index (χ0n) is 14.4. The summed E-state index contributed by atoms with van der Waals surface area (Å²) in [6, 6.07) is 16.9. The number of nitrogens with zero attached hydrogens (tertiary/aromatic N) is 1. The molecule has 2 aromatic carbocycles. The highest BCUT2D eigenvalue weighted by Gasteiger charge is 2.11. The Balaban J connectivity index is 1.43. The predicted octanol–water partition coefficient (Wildman–Crippen LogP) is 3.50. The summed E-state index contributed by atoms with van der Waals surface area (Å²) in [6.45, 7) is 5.09. The van der Waals surface area contributed by atoms with E-state index in [4.69, 9.17) is 0 Å². The summed E-state index contributed by atoms with van der Waals surface area (Å²) < 4.78 is 0. The smallest absolute Gasteiger partial charge is 0.224 e. The van der Waals surface area contributed by atoms with Crippen LogP contribution in [-0.2, 0) is 17.6 Å². The molecule has 2 aromatic rings. The van der Waals surface area contributed by atoms with Gasteiger partial charge < -0.3 is 10.2 Å². The molecule has 1 heterocycles. The first-order chi connectivity index (χ1) is 11.7. The van der Waals surface area contributed by atoms with E-state index in [1.54, 1.807) is 0 Å². The van der Waals surface area contributed by atoms with Crippen molar-refractivity contribution in [1.82, 2.24) is 5.32 Å². The summed E-state index contributed by atoms with van der Waals surface area (Å²) in [7, 11) is 0. The zero-order chi connectivity index (χ0) is 16.8. The lowest BCUT2D eigenvalue weighted by atomic mass is 10.1. The Morgan fingerprint density at radius 2 is 1.79 bits per heavy atom. The third-order valence-electron chi connectivity index (χ3n) is 4.59. The van der Waals surface area contributed by atoms with Gasteiger partial charge in [-0.15, -0.1) is 0 Å². The van der Waals surface area contributed by atoms with E-state index >= 15 is 0 Å². The third kappa shape index (κ3) is 4.60. The largest absolute Gasteiger partial charge is 0.372 e. The minimum absolute atomic E-state index is 0.0919. The lowest BCUT2D eigenvalue weighted by Crippen LogP contribution is -2.27. The van der Waals surface area contributed by atoms with Gasteiger partial charge in [0.15, 0.2) is 0 Å². The lowest BCUT2D eigenvalue weighted by molar-refractivity contribution is -0.120. The van der Waals surface area contributed by atoms with Crippen LogP contribution in [0.3, 0.4) is 0 Å². The number of hydrogen-bond acceptors (Lipinski definition) is 2.